The summed E-state index contributed by atoms with van der Waals surface area (Å²) in [6.07, 6.45) is 1.59. The van der Waals surface area contributed by atoms with Crippen molar-refractivity contribution in [2.75, 3.05) is 12.8 Å². The van der Waals surface area contributed by atoms with E-state index in [-0.39, 0.29) is 5.82 Å². The molecule has 0 fully saturated rings. The van der Waals surface area contributed by atoms with Crippen molar-refractivity contribution in [3.63, 3.8) is 0 Å². The highest BCUT2D eigenvalue weighted by molar-refractivity contribution is 7.13. The van der Waals surface area contributed by atoms with E-state index in [2.05, 4.69) is 15.2 Å². The zero-order valence-electron chi connectivity index (χ0n) is 10.6. The van der Waals surface area contributed by atoms with Gasteiger partial charge in [-0.2, -0.15) is 5.10 Å². The number of ether oxygens (including phenoxy) is 1. The Hall–Kier alpha value is -2.41. The van der Waals surface area contributed by atoms with Crippen LogP contribution in [0.5, 0.6) is 5.75 Å². The van der Waals surface area contributed by atoms with Crippen LogP contribution in [0.25, 0.3) is 21.8 Å². The third-order valence-corrected chi connectivity index (χ3v) is 3.73. The largest absolute Gasteiger partial charge is 0.496 e. The lowest BCUT2D eigenvalue weighted by Crippen LogP contribution is -1.92. The van der Waals surface area contributed by atoms with Crippen LogP contribution in [-0.4, -0.2) is 22.3 Å². The quantitative estimate of drug-likeness (QED) is 0.777. The predicted molar refractivity (Wildman–Crippen MR) is 76.1 cm³/mol. The highest BCUT2D eigenvalue weighted by Crippen LogP contribution is 2.36. The second kappa shape index (κ2) is 4.93. The Morgan fingerprint density at radius 1 is 1.40 bits per heavy atom. The summed E-state index contributed by atoms with van der Waals surface area (Å²) in [6, 6.07) is 4.67. The summed E-state index contributed by atoms with van der Waals surface area (Å²) in [5.74, 6) is 0.509. The molecule has 5 nitrogen and oxygen atoms in total. The maximum Gasteiger partial charge on any atom is 0.136 e. The maximum atomic E-state index is 14.0. The van der Waals surface area contributed by atoms with E-state index < -0.39 is 0 Å². The van der Waals surface area contributed by atoms with Gasteiger partial charge in [0, 0.05) is 5.38 Å². The van der Waals surface area contributed by atoms with Gasteiger partial charge in [0.05, 0.1) is 30.1 Å². The number of rotatable bonds is 3. The molecule has 3 rings (SSSR count). The van der Waals surface area contributed by atoms with Gasteiger partial charge in [-0.05, 0) is 12.1 Å². The van der Waals surface area contributed by atoms with Crippen LogP contribution in [0.1, 0.15) is 0 Å². The van der Waals surface area contributed by atoms with Crippen molar-refractivity contribution in [2.45, 2.75) is 0 Å². The lowest BCUT2D eigenvalue weighted by molar-refractivity contribution is 0.413. The van der Waals surface area contributed by atoms with Crippen molar-refractivity contribution < 1.29 is 9.13 Å². The van der Waals surface area contributed by atoms with Gasteiger partial charge in [0.2, 0.25) is 0 Å². The molecule has 0 saturated carbocycles. The van der Waals surface area contributed by atoms with Crippen LogP contribution in [0.2, 0.25) is 0 Å². The molecule has 0 saturated heterocycles. The summed E-state index contributed by atoms with van der Waals surface area (Å²) in [5.41, 5.74) is 7.32. The fourth-order valence-corrected chi connectivity index (χ4v) is 2.74. The van der Waals surface area contributed by atoms with E-state index in [1.165, 1.54) is 24.5 Å². The molecule has 3 N–H and O–H groups in total. The van der Waals surface area contributed by atoms with Crippen molar-refractivity contribution in [1.29, 1.82) is 0 Å². The molecule has 0 aliphatic carbocycles. The Labute approximate surface area is 118 Å². The van der Waals surface area contributed by atoms with E-state index in [1.807, 2.05) is 0 Å². The van der Waals surface area contributed by atoms with Crippen LogP contribution < -0.4 is 10.5 Å². The summed E-state index contributed by atoms with van der Waals surface area (Å²) < 4.78 is 19.2. The lowest BCUT2D eigenvalue weighted by Gasteiger charge is -2.06. The van der Waals surface area contributed by atoms with Gasteiger partial charge in [0.15, 0.2) is 0 Å². The molecule has 102 valence electrons. The van der Waals surface area contributed by atoms with Gasteiger partial charge in [-0.25, -0.2) is 9.37 Å². The third kappa shape index (κ3) is 2.01. The number of nitrogens with zero attached hydrogens (tertiary/aromatic N) is 2. The average Bonchev–Trinajstić information content (AvgIpc) is 3.06. The van der Waals surface area contributed by atoms with Gasteiger partial charge in [-0.15, -0.1) is 11.3 Å². The molecule has 0 aliphatic heterocycles. The van der Waals surface area contributed by atoms with Gasteiger partial charge in [-0.1, -0.05) is 6.07 Å². The summed E-state index contributed by atoms with van der Waals surface area (Å²) in [7, 11) is 1.50. The molecular weight excluding hydrogens is 279 g/mol. The summed E-state index contributed by atoms with van der Waals surface area (Å²) in [5, 5.41) is 8.94. The number of aromatic nitrogens is 3. The SMILES string of the molecule is COc1cccc(F)c1-c1csc(-c2cn[nH]c2N)n1. The molecular formula is C13H11FN4OS. The van der Waals surface area contributed by atoms with Gasteiger partial charge in [0.1, 0.15) is 22.4 Å². The number of nitrogen functional groups attached to an aromatic ring is 1. The van der Waals surface area contributed by atoms with Crippen molar-refractivity contribution in [2.24, 2.45) is 0 Å². The minimum atomic E-state index is -0.374. The molecule has 2 heterocycles. The van der Waals surface area contributed by atoms with Crippen molar-refractivity contribution in [1.82, 2.24) is 15.2 Å². The van der Waals surface area contributed by atoms with Crippen LogP contribution in [0.4, 0.5) is 10.2 Å². The number of aromatic amines is 1. The summed E-state index contributed by atoms with van der Waals surface area (Å²) in [6.45, 7) is 0. The standard InChI is InChI=1S/C13H11FN4OS/c1-19-10-4-2-3-8(14)11(10)9-6-20-13(17-9)7-5-16-18-12(7)15/h2-6H,1H3,(H3,15,16,18). The van der Waals surface area contributed by atoms with E-state index >= 15 is 0 Å². The minimum Gasteiger partial charge on any atom is -0.496 e. The second-order valence-corrected chi connectivity index (χ2v) is 4.91. The first-order valence-electron chi connectivity index (χ1n) is 5.78. The van der Waals surface area contributed by atoms with E-state index in [1.54, 1.807) is 23.7 Å². The monoisotopic (exact) mass is 290 g/mol. The fourth-order valence-electron chi connectivity index (χ4n) is 1.90. The molecule has 2 aromatic heterocycles. The molecule has 7 heteroatoms. The van der Waals surface area contributed by atoms with Crippen molar-refractivity contribution >= 4 is 17.2 Å². The second-order valence-electron chi connectivity index (χ2n) is 4.05. The number of thiazole rings is 1. The Morgan fingerprint density at radius 3 is 2.95 bits per heavy atom. The Bertz CT molecular complexity index is 752. The number of H-pyrrole nitrogens is 1. The first-order valence-corrected chi connectivity index (χ1v) is 6.66. The molecule has 0 bridgehead atoms. The van der Waals surface area contributed by atoms with Crippen LogP contribution in [0.3, 0.4) is 0 Å². The van der Waals surface area contributed by atoms with Gasteiger partial charge < -0.3 is 10.5 Å². The van der Waals surface area contributed by atoms with E-state index in [0.29, 0.717) is 33.4 Å². The predicted octanol–water partition coefficient (Wildman–Crippen LogP) is 2.93. The normalized spacial score (nSPS) is 10.7. The molecule has 20 heavy (non-hydrogen) atoms. The van der Waals surface area contributed by atoms with Crippen LogP contribution in [0.15, 0.2) is 29.8 Å². The first-order chi connectivity index (χ1) is 9.70. The number of nitrogens with one attached hydrogen (secondary N) is 1. The summed E-state index contributed by atoms with van der Waals surface area (Å²) in [4.78, 5) is 4.41. The molecule has 3 aromatic rings. The third-order valence-electron chi connectivity index (χ3n) is 2.85. The number of anilines is 1. The summed E-state index contributed by atoms with van der Waals surface area (Å²) >= 11 is 1.37. The minimum absolute atomic E-state index is 0.347. The number of hydrogen-bond acceptors (Lipinski definition) is 5. The zero-order valence-corrected chi connectivity index (χ0v) is 11.4. The van der Waals surface area contributed by atoms with Crippen LogP contribution in [0, 0.1) is 5.82 Å². The number of hydrogen-bond donors (Lipinski definition) is 2. The molecule has 0 unspecified atom stereocenters. The molecule has 0 radical (unpaired) electrons. The van der Waals surface area contributed by atoms with Crippen LogP contribution in [-0.2, 0) is 0 Å². The van der Waals surface area contributed by atoms with E-state index in [4.69, 9.17) is 10.5 Å². The fraction of sp³-hybridized carbons (Fsp3) is 0.0769. The van der Waals surface area contributed by atoms with Crippen molar-refractivity contribution in [3.05, 3.63) is 35.6 Å². The number of halogens is 1. The maximum absolute atomic E-state index is 14.0. The molecule has 0 aliphatic rings. The Morgan fingerprint density at radius 2 is 2.25 bits per heavy atom. The molecule has 1 aromatic carbocycles. The molecule has 0 amide bonds. The van der Waals surface area contributed by atoms with E-state index in [9.17, 15) is 4.39 Å². The Balaban J connectivity index is 2.09. The zero-order chi connectivity index (χ0) is 14.1. The number of methoxy groups -OCH3 is 1. The smallest absolute Gasteiger partial charge is 0.136 e. The topological polar surface area (TPSA) is 76.8 Å². The van der Waals surface area contributed by atoms with Crippen molar-refractivity contribution in [3.8, 4) is 27.6 Å². The molecule has 0 atom stereocenters. The van der Waals surface area contributed by atoms with Gasteiger partial charge in [0.25, 0.3) is 0 Å². The highest BCUT2D eigenvalue weighted by atomic mass is 32.1. The van der Waals surface area contributed by atoms with Gasteiger partial charge >= 0.3 is 0 Å². The van der Waals surface area contributed by atoms with Gasteiger partial charge in [-0.3, -0.25) is 5.10 Å². The highest BCUT2D eigenvalue weighted by Gasteiger charge is 2.16. The number of nitrogens with two attached hydrogens (primary N) is 1. The molecule has 0 spiro atoms. The average molecular weight is 290 g/mol. The lowest BCUT2D eigenvalue weighted by atomic mass is 10.1. The van der Waals surface area contributed by atoms with Crippen LogP contribution >= 0.6 is 11.3 Å². The Kier molecular flexibility index (Phi) is 3.11. The number of benzene rings is 1. The van der Waals surface area contributed by atoms with E-state index in [0.717, 1.165) is 0 Å². The first kappa shape index (κ1) is 12.6.